The van der Waals surface area contributed by atoms with E-state index in [1.807, 2.05) is 54.6 Å². The van der Waals surface area contributed by atoms with E-state index in [9.17, 15) is 43.5 Å². The van der Waals surface area contributed by atoms with Gasteiger partial charge in [0.1, 0.15) is 42.3 Å². The number of carboxylic acid groups (broad SMARTS) is 1. The molecule has 0 aliphatic rings. The molecule has 0 spiro atoms. The van der Waals surface area contributed by atoms with Crippen LogP contribution in [0.15, 0.2) is 85.1 Å². The lowest BCUT2D eigenvalue weighted by Crippen LogP contribution is -2.60. The summed E-state index contributed by atoms with van der Waals surface area (Å²) < 4.78 is 0. The number of thiol groups is 2. The minimum Gasteiger partial charge on any atom is -0.480 e. The summed E-state index contributed by atoms with van der Waals surface area (Å²) in [6.07, 6.45) is 2.07. The maximum absolute atomic E-state index is 14.8. The fraction of sp³-hybridized carbons (Fsp3) is 0.415. The molecule has 3 aromatic carbocycles. The molecule has 0 fully saturated rings. The molecule has 0 saturated heterocycles. The summed E-state index contributed by atoms with van der Waals surface area (Å²) in [4.78, 5) is 113. The molecule has 1 heterocycles. The van der Waals surface area contributed by atoms with Crippen LogP contribution in [0.5, 0.6) is 0 Å². The summed E-state index contributed by atoms with van der Waals surface area (Å²) in [6, 6.07) is 13.2. The summed E-state index contributed by atoms with van der Waals surface area (Å²) in [7, 11) is 0. The molecule has 4 aromatic rings. The smallest absolute Gasteiger partial charge is 0.327 e. The van der Waals surface area contributed by atoms with Crippen LogP contribution in [0.1, 0.15) is 56.6 Å². The van der Waals surface area contributed by atoms with Crippen LogP contribution in [-0.4, -0.2) is 155 Å². The standard InChI is InChI=1S/C53H76N18O9S2/c1-29(65-49(78)41(27-81)70-44(73)35(54)13-7-21-61-51(55)56)43(72)66-37(15-8-22-62-52(57)58)45(74)68-39(24-30-17-19-32(20-18-30)31-10-3-2-4-11-31)47(76)67-38(16-9-23-63-53(59)60)46(75)69-40(48(77)71-42(28-82)50(79)80)25-33-26-64-36-14-6-5-12-34(33)36/h2-6,10-12,14,17-20,26,29,35,37-42,64,81-82H,7-9,13,15-16,21-25,27-28,54H2,1H3,(H,65,78)(H,66,72)(H,67,76)(H,68,74)(H,69,75)(H,70,73)(H,71,77)(H,79,80)(H4,55,56,61)(H4,57,58,62)(H4,59,60,63)/t29-,35+,37+,38+,39-,40-,41+,42+/m1/s1. The van der Waals surface area contributed by atoms with Gasteiger partial charge in [-0.3, -0.25) is 49.8 Å². The van der Waals surface area contributed by atoms with Gasteiger partial charge in [-0.25, -0.2) is 4.79 Å². The second-order valence-corrected chi connectivity index (χ2v) is 19.9. The van der Waals surface area contributed by atoms with Crippen molar-refractivity contribution >= 4 is 101 Å². The SMILES string of the molecule is C[C@@H](NC(=O)[C@H](CS)NC(=O)[C@@H](N)CCCNC(=N)N)C(=O)N[C@@H](CCCNC(=N)N)C(=O)N[C@H](Cc1ccc(-c2ccccc2)cc1)C(=O)N[C@@H](CCCNC(=N)N)C(=O)N[C@H](Cc1c[nH]c2ccccc12)C(=O)N[C@@H](CS)C(=O)O. The van der Waals surface area contributed by atoms with E-state index in [1.54, 1.807) is 30.5 Å². The first-order valence-electron chi connectivity index (χ1n) is 26.4. The fourth-order valence-electron chi connectivity index (χ4n) is 8.33. The number of fused-ring (bicyclic) bond motifs is 1. The Balaban J connectivity index is 1.65. The first kappa shape index (κ1) is 65.9. The molecule has 7 amide bonds. The first-order chi connectivity index (χ1) is 39.1. The number of hydrogen-bond acceptors (Lipinski definition) is 14. The van der Waals surface area contributed by atoms with Crippen LogP contribution in [0, 0.1) is 16.2 Å². The summed E-state index contributed by atoms with van der Waals surface area (Å²) >= 11 is 8.29. The highest BCUT2D eigenvalue weighted by atomic mass is 32.1. The Morgan fingerprint density at radius 3 is 1.46 bits per heavy atom. The topological polar surface area (TPSA) is 469 Å². The molecule has 82 heavy (non-hydrogen) atoms. The number of aromatic amines is 1. The molecule has 29 heteroatoms. The fourth-order valence-corrected chi connectivity index (χ4v) is 8.84. The quantitative estimate of drug-likeness (QED) is 0.0105. The molecule has 0 saturated carbocycles. The van der Waals surface area contributed by atoms with E-state index in [2.05, 4.69) is 83.4 Å². The molecule has 0 radical (unpaired) electrons. The predicted molar refractivity (Wildman–Crippen MR) is 318 cm³/mol. The van der Waals surface area contributed by atoms with Crippen molar-refractivity contribution < 1.29 is 43.5 Å². The van der Waals surface area contributed by atoms with Crippen LogP contribution >= 0.6 is 25.3 Å². The molecule has 0 aliphatic carbocycles. The van der Waals surface area contributed by atoms with Crippen molar-refractivity contribution in [3.8, 4) is 11.1 Å². The van der Waals surface area contributed by atoms with Gasteiger partial charge in [-0.1, -0.05) is 72.8 Å². The number of para-hydroxylation sites is 1. The van der Waals surface area contributed by atoms with Crippen LogP contribution in [0.4, 0.5) is 0 Å². The van der Waals surface area contributed by atoms with Crippen LogP contribution in [0.3, 0.4) is 0 Å². The number of aromatic nitrogens is 1. The van der Waals surface area contributed by atoms with Gasteiger partial charge >= 0.3 is 5.97 Å². The average Bonchev–Trinajstić information content (AvgIpc) is 3.96. The van der Waals surface area contributed by atoms with E-state index < -0.39 is 95.7 Å². The lowest BCUT2D eigenvalue weighted by molar-refractivity contribution is -0.141. The maximum Gasteiger partial charge on any atom is 0.327 e. The third-order valence-electron chi connectivity index (χ3n) is 12.8. The van der Waals surface area contributed by atoms with Crippen LogP contribution in [0.2, 0.25) is 0 Å². The lowest BCUT2D eigenvalue weighted by Gasteiger charge is -2.28. The minimum absolute atomic E-state index is 0.0855. The van der Waals surface area contributed by atoms with Gasteiger partial charge in [0.15, 0.2) is 17.9 Å². The number of rotatable bonds is 34. The molecule has 8 atom stereocenters. The zero-order valence-electron chi connectivity index (χ0n) is 45.3. The number of H-pyrrole nitrogens is 1. The van der Waals surface area contributed by atoms with Gasteiger partial charge < -0.3 is 86.2 Å². The van der Waals surface area contributed by atoms with Gasteiger partial charge in [0.2, 0.25) is 41.4 Å². The van der Waals surface area contributed by atoms with E-state index >= 15 is 0 Å². The van der Waals surface area contributed by atoms with Crippen molar-refractivity contribution in [1.82, 2.24) is 58.2 Å². The number of carboxylic acids is 1. The Kier molecular flexibility index (Phi) is 27.3. The average molecular weight is 1170 g/mol. The molecule has 0 bridgehead atoms. The highest BCUT2D eigenvalue weighted by Gasteiger charge is 2.34. The van der Waals surface area contributed by atoms with Gasteiger partial charge in [0, 0.05) is 61.1 Å². The van der Waals surface area contributed by atoms with Crippen LogP contribution in [0.25, 0.3) is 22.0 Å². The highest BCUT2D eigenvalue weighted by molar-refractivity contribution is 7.80. The number of carbonyl (C=O) groups is 8. The second kappa shape index (κ2) is 33.9. The zero-order chi connectivity index (χ0) is 60.3. The van der Waals surface area contributed by atoms with Crippen molar-refractivity contribution in [3.63, 3.8) is 0 Å². The number of guanidine groups is 3. The van der Waals surface area contributed by atoms with E-state index in [0.717, 1.165) is 22.0 Å². The molecule has 23 N–H and O–H groups in total. The third-order valence-corrected chi connectivity index (χ3v) is 13.5. The lowest BCUT2D eigenvalue weighted by atomic mass is 9.99. The number of aliphatic carboxylic acids is 1. The Labute approximate surface area is 485 Å². The van der Waals surface area contributed by atoms with Crippen LogP contribution < -0.4 is 76.1 Å². The summed E-state index contributed by atoms with van der Waals surface area (Å²) in [5.74, 6) is -8.49. The Morgan fingerprint density at radius 1 is 0.512 bits per heavy atom. The summed E-state index contributed by atoms with van der Waals surface area (Å²) in [6.45, 7) is 1.82. The van der Waals surface area contributed by atoms with E-state index in [-0.39, 0.29) is 87.4 Å². The largest absolute Gasteiger partial charge is 0.480 e. The number of amides is 7. The number of nitrogens with two attached hydrogens (primary N) is 4. The second-order valence-electron chi connectivity index (χ2n) is 19.2. The highest BCUT2D eigenvalue weighted by Crippen LogP contribution is 2.21. The first-order valence-corrected chi connectivity index (χ1v) is 27.6. The van der Waals surface area contributed by atoms with Crippen molar-refractivity contribution in [3.05, 3.63) is 96.2 Å². The number of benzene rings is 3. The van der Waals surface area contributed by atoms with Crippen LogP contribution in [-0.2, 0) is 51.2 Å². The van der Waals surface area contributed by atoms with Crippen molar-refractivity contribution in [2.45, 2.75) is 107 Å². The maximum atomic E-state index is 14.8. The molecule has 444 valence electrons. The summed E-state index contributed by atoms with van der Waals surface area (Å²) in [5.41, 5.74) is 26.0. The molecular weight excluding hydrogens is 1100 g/mol. The van der Waals surface area contributed by atoms with Crippen molar-refractivity contribution in [2.24, 2.45) is 22.9 Å². The minimum atomic E-state index is -1.46. The number of nitrogens with one attached hydrogen (secondary N) is 14. The zero-order valence-corrected chi connectivity index (χ0v) is 47.1. The van der Waals surface area contributed by atoms with Gasteiger partial charge in [-0.05, 0) is 73.8 Å². The van der Waals surface area contributed by atoms with Crippen molar-refractivity contribution in [2.75, 3.05) is 31.1 Å². The van der Waals surface area contributed by atoms with Gasteiger partial charge in [0.05, 0.1) is 6.04 Å². The Hall–Kier alpha value is -8.57. The van der Waals surface area contributed by atoms with Crippen molar-refractivity contribution in [1.29, 1.82) is 16.2 Å². The molecule has 1 aromatic heterocycles. The monoisotopic (exact) mass is 1170 g/mol. The molecular formula is C53H76N18O9S2. The molecule has 0 unspecified atom stereocenters. The predicted octanol–water partition coefficient (Wildman–Crippen LogP) is -1.91. The Morgan fingerprint density at radius 2 is 0.939 bits per heavy atom. The van der Waals surface area contributed by atoms with Gasteiger partial charge in [-0.15, -0.1) is 0 Å². The van der Waals surface area contributed by atoms with Gasteiger partial charge in [-0.2, -0.15) is 25.3 Å². The molecule has 4 rings (SSSR count). The third kappa shape index (κ3) is 22.2. The Bertz CT molecular complexity index is 2840. The summed E-state index contributed by atoms with van der Waals surface area (Å²) in [5, 5.41) is 59.2. The number of hydrogen-bond donors (Lipinski definition) is 21. The van der Waals surface area contributed by atoms with E-state index in [4.69, 9.17) is 39.2 Å². The molecule has 0 aliphatic heterocycles. The van der Waals surface area contributed by atoms with E-state index in [0.29, 0.717) is 24.1 Å². The molecule has 27 nitrogen and oxygen atoms in total. The van der Waals surface area contributed by atoms with E-state index in [1.165, 1.54) is 6.92 Å². The van der Waals surface area contributed by atoms with Gasteiger partial charge in [0.25, 0.3) is 0 Å². The number of carbonyl (C=O) groups excluding carboxylic acids is 7. The normalized spacial score (nSPS) is 13.9.